The number of nitrogens with one attached hydrogen (secondary N) is 1. The quantitative estimate of drug-likeness (QED) is 0.909. The largest absolute Gasteiger partial charge is 0.352 e. The van der Waals surface area contributed by atoms with E-state index in [1.54, 1.807) is 0 Å². The van der Waals surface area contributed by atoms with Gasteiger partial charge in [0.1, 0.15) is 11.9 Å². The number of fused-ring (bicyclic) bond motifs is 1. The Bertz CT molecular complexity index is 710. The van der Waals surface area contributed by atoms with Crippen molar-refractivity contribution >= 4 is 16.9 Å². The average Bonchev–Trinajstić information content (AvgIpc) is 3.15. The molecule has 1 N–H and O–H groups in total. The summed E-state index contributed by atoms with van der Waals surface area (Å²) >= 11 is 0. The molecule has 0 saturated heterocycles. The molecule has 1 amide bonds. The van der Waals surface area contributed by atoms with Gasteiger partial charge in [-0.25, -0.2) is 4.98 Å². The molecule has 4 nitrogen and oxygen atoms in total. The third kappa shape index (κ3) is 2.75. The van der Waals surface area contributed by atoms with E-state index in [1.807, 2.05) is 12.1 Å². The number of amides is 1. The van der Waals surface area contributed by atoms with E-state index in [0.29, 0.717) is 12.0 Å². The summed E-state index contributed by atoms with van der Waals surface area (Å²) in [4.78, 5) is 17.7. The average molecular weight is 311 g/mol. The topological polar surface area (TPSA) is 46.9 Å². The second kappa shape index (κ2) is 5.99. The number of para-hydroxylation sites is 2. The van der Waals surface area contributed by atoms with Gasteiger partial charge < -0.3 is 9.88 Å². The van der Waals surface area contributed by atoms with Crippen LogP contribution in [0, 0.1) is 0 Å². The summed E-state index contributed by atoms with van der Waals surface area (Å²) < 4.78 is 2.22. The summed E-state index contributed by atoms with van der Waals surface area (Å²) in [5.41, 5.74) is 2.12. The van der Waals surface area contributed by atoms with Crippen molar-refractivity contribution in [1.82, 2.24) is 14.9 Å². The molecule has 4 rings (SSSR count). The summed E-state index contributed by atoms with van der Waals surface area (Å²) in [5, 5.41) is 3.28. The lowest BCUT2D eigenvalue weighted by atomic mass is 10.1. The van der Waals surface area contributed by atoms with E-state index in [-0.39, 0.29) is 11.9 Å². The molecular formula is C19H25N3O. The Labute approximate surface area is 137 Å². The minimum atomic E-state index is -0.140. The smallest absolute Gasteiger partial charge is 0.243 e. The number of imidazole rings is 1. The Balaban J connectivity index is 1.69. The molecule has 2 saturated carbocycles. The number of hydrogen-bond donors (Lipinski definition) is 1. The molecule has 23 heavy (non-hydrogen) atoms. The fraction of sp³-hybridized carbons (Fsp3) is 0.579. The molecule has 2 fully saturated rings. The normalized spacial score (nSPS) is 20.0. The Morgan fingerprint density at radius 3 is 2.70 bits per heavy atom. The lowest BCUT2D eigenvalue weighted by molar-refractivity contribution is -0.125. The van der Waals surface area contributed by atoms with Crippen LogP contribution in [0.4, 0.5) is 0 Å². The highest BCUT2D eigenvalue weighted by molar-refractivity contribution is 5.84. The highest BCUT2D eigenvalue weighted by atomic mass is 16.2. The van der Waals surface area contributed by atoms with E-state index < -0.39 is 0 Å². The van der Waals surface area contributed by atoms with Crippen molar-refractivity contribution in [3.63, 3.8) is 0 Å². The van der Waals surface area contributed by atoms with E-state index in [4.69, 9.17) is 4.98 Å². The predicted molar refractivity (Wildman–Crippen MR) is 91.4 cm³/mol. The van der Waals surface area contributed by atoms with Gasteiger partial charge in [0, 0.05) is 12.0 Å². The van der Waals surface area contributed by atoms with Crippen LogP contribution in [0.3, 0.4) is 0 Å². The summed E-state index contributed by atoms with van der Waals surface area (Å²) in [6.07, 6.45) is 7.93. The van der Waals surface area contributed by atoms with Gasteiger partial charge in [0.2, 0.25) is 5.91 Å². The maximum Gasteiger partial charge on any atom is 0.243 e. The maximum atomic E-state index is 12.9. The van der Waals surface area contributed by atoms with Gasteiger partial charge in [-0.05, 0) is 44.2 Å². The second-order valence-corrected chi connectivity index (χ2v) is 7.02. The van der Waals surface area contributed by atoms with Crippen molar-refractivity contribution in [2.24, 2.45) is 0 Å². The first-order valence-corrected chi connectivity index (χ1v) is 9.05. The SMILES string of the molecule is CCC(C(=O)NC1CCCC1)n1c(C2CC2)nc2ccccc21. The number of rotatable bonds is 5. The van der Waals surface area contributed by atoms with Crippen molar-refractivity contribution in [1.29, 1.82) is 0 Å². The number of nitrogens with zero attached hydrogens (tertiary/aromatic N) is 2. The first-order valence-electron chi connectivity index (χ1n) is 9.05. The molecule has 1 unspecified atom stereocenters. The fourth-order valence-corrected chi connectivity index (χ4v) is 3.87. The molecule has 1 heterocycles. The predicted octanol–water partition coefficient (Wildman–Crippen LogP) is 3.92. The lowest BCUT2D eigenvalue weighted by Gasteiger charge is -2.22. The molecule has 2 aliphatic carbocycles. The van der Waals surface area contributed by atoms with Crippen molar-refractivity contribution in [2.75, 3.05) is 0 Å². The van der Waals surface area contributed by atoms with Crippen molar-refractivity contribution in [3.8, 4) is 0 Å². The van der Waals surface area contributed by atoms with Crippen molar-refractivity contribution < 1.29 is 4.79 Å². The van der Waals surface area contributed by atoms with Crippen LogP contribution in [0.2, 0.25) is 0 Å². The van der Waals surface area contributed by atoms with Crippen LogP contribution in [0.5, 0.6) is 0 Å². The van der Waals surface area contributed by atoms with Gasteiger partial charge in [-0.1, -0.05) is 31.9 Å². The Hall–Kier alpha value is -1.84. The van der Waals surface area contributed by atoms with Crippen LogP contribution in [0.25, 0.3) is 11.0 Å². The fourth-order valence-electron chi connectivity index (χ4n) is 3.87. The molecule has 4 heteroatoms. The van der Waals surface area contributed by atoms with Crippen LogP contribution < -0.4 is 5.32 Å². The highest BCUT2D eigenvalue weighted by Crippen LogP contribution is 2.42. The maximum absolute atomic E-state index is 12.9. The molecular weight excluding hydrogens is 286 g/mol. The van der Waals surface area contributed by atoms with Crippen LogP contribution in [0.15, 0.2) is 24.3 Å². The van der Waals surface area contributed by atoms with Crippen LogP contribution >= 0.6 is 0 Å². The summed E-state index contributed by atoms with van der Waals surface area (Å²) in [5.74, 6) is 1.82. The van der Waals surface area contributed by atoms with E-state index in [0.717, 1.165) is 36.1 Å². The molecule has 2 aromatic rings. The van der Waals surface area contributed by atoms with Gasteiger partial charge in [-0.15, -0.1) is 0 Å². The third-order valence-corrected chi connectivity index (χ3v) is 5.27. The molecule has 0 aliphatic heterocycles. The third-order valence-electron chi connectivity index (χ3n) is 5.27. The van der Waals surface area contributed by atoms with Gasteiger partial charge in [-0.3, -0.25) is 4.79 Å². The zero-order valence-electron chi connectivity index (χ0n) is 13.8. The Morgan fingerprint density at radius 2 is 2.00 bits per heavy atom. The first kappa shape index (κ1) is 14.7. The van der Waals surface area contributed by atoms with E-state index in [9.17, 15) is 4.79 Å². The monoisotopic (exact) mass is 311 g/mol. The van der Waals surface area contributed by atoms with Crippen LogP contribution in [-0.4, -0.2) is 21.5 Å². The minimum absolute atomic E-state index is 0.140. The molecule has 1 atom stereocenters. The molecule has 1 aromatic heterocycles. The molecule has 2 aliphatic rings. The van der Waals surface area contributed by atoms with Gasteiger partial charge in [0.05, 0.1) is 11.0 Å². The number of carbonyl (C=O) groups is 1. The van der Waals surface area contributed by atoms with Crippen molar-refractivity contribution in [2.45, 2.75) is 69.9 Å². The molecule has 1 aromatic carbocycles. The van der Waals surface area contributed by atoms with Gasteiger partial charge >= 0.3 is 0 Å². The Kier molecular flexibility index (Phi) is 3.83. The number of benzene rings is 1. The highest BCUT2D eigenvalue weighted by Gasteiger charge is 2.34. The molecule has 122 valence electrons. The number of aromatic nitrogens is 2. The second-order valence-electron chi connectivity index (χ2n) is 7.02. The minimum Gasteiger partial charge on any atom is -0.352 e. The van der Waals surface area contributed by atoms with Gasteiger partial charge in [0.25, 0.3) is 0 Å². The lowest BCUT2D eigenvalue weighted by Crippen LogP contribution is -2.38. The first-order chi connectivity index (χ1) is 11.3. The zero-order valence-corrected chi connectivity index (χ0v) is 13.8. The van der Waals surface area contributed by atoms with Gasteiger partial charge in [0.15, 0.2) is 0 Å². The van der Waals surface area contributed by atoms with Crippen molar-refractivity contribution in [3.05, 3.63) is 30.1 Å². The van der Waals surface area contributed by atoms with Crippen LogP contribution in [-0.2, 0) is 4.79 Å². The van der Waals surface area contributed by atoms with E-state index in [2.05, 4.69) is 28.9 Å². The number of carbonyl (C=O) groups excluding carboxylic acids is 1. The summed E-state index contributed by atoms with van der Waals surface area (Å²) in [7, 11) is 0. The summed E-state index contributed by atoms with van der Waals surface area (Å²) in [6, 6.07) is 8.45. The standard InChI is InChI=1S/C19H25N3O/c1-2-16(19(23)20-14-7-3-4-8-14)22-17-10-6-5-9-15(17)21-18(22)13-11-12-13/h5-6,9-10,13-14,16H,2-4,7-8,11-12H2,1H3,(H,20,23). The van der Waals surface area contributed by atoms with Crippen LogP contribution in [0.1, 0.15) is 69.7 Å². The molecule has 0 bridgehead atoms. The zero-order chi connectivity index (χ0) is 15.8. The Morgan fingerprint density at radius 1 is 1.26 bits per heavy atom. The molecule has 0 radical (unpaired) electrons. The van der Waals surface area contributed by atoms with Gasteiger partial charge in [-0.2, -0.15) is 0 Å². The van der Waals surface area contributed by atoms with E-state index >= 15 is 0 Å². The summed E-state index contributed by atoms with van der Waals surface area (Å²) in [6.45, 7) is 2.10. The van der Waals surface area contributed by atoms with E-state index in [1.165, 1.54) is 25.7 Å². The molecule has 0 spiro atoms. The number of hydrogen-bond acceptors (Lipinski definition) is 2.